The fraction of sp³-hybridized carbons (Fsp3) is 0. The molecular formula is C14H7ClINO2. The van der Waals surface area contributed by atoms with Crippen molar-refractivity contribution >= 4 is 40.2 Å². The third kappa shape index (κ3) is 2.88. The van der Waals surface area contributed by atoms with Crippen LogP contribution in [0.2, 0.25) is 5.02 Å². The smallest absolute Gasteiger partial charge is 0.335 e. The van der Waals surface area contributed by atoms with Gasteiger partial charge in [0.15, 0.2) is 0 Å². The molecule has 0 amide bonds. The van der Waals surface area contributed by atoms with Crippen LogP contribution in [-0.2, 0) is 0 Å². The van der Waals surface area contributed by atoms with Crippen molar-refractivity contribution < 1.29 is 9.90 Å². The molecule has 0 radical (unpaired) electrons. The first-order valence-electron chi connectivity index (χ1n) is 5.26. The number of rotatable bonds is 2. The van der Waals surface area contributed by atoms with Crippen LogP contribution in [0.5, 0.6) is 0 Å². The zero-order valence-electron chi connectivity index (χ0n) is 9.52. The lowest BCUT2D eigenvalue weighted by Gasteiger charge is -2.07. The van der Waals surface area contributed by atoms with Crippen LogP contribution < -0.4 is 0 Å². The van der Waals surface area contributed by atoms with Crippen LogP contribution in [0.4, 0.5) is 0 Å². The Bertz CT molecular complexity index is 707. The second-order valence-corrected chi connectivity index (χ2v) is 5.38. The summed E-state index contributed by atoms with van der Waals surface area (Å²) >= 11 is 8.13. The van der Waals surface area contributed by atoms with Gasteiger partial charge in [0, 0.05) is 3.57 Å². The summed E-state index contributed by atoms with van der Waals surface area (Å²) < 4.78 is 0.920. The van der Waals surface area contributed by atoms with Crippen molar-refractivity contribution in [3.8, 4) is 17.2 Å². The molecule has 0 saturated heterocycles. The zero-order chi connectivity index (χ0) is 14.0. The van der Waals surface area contributed by atoms with Crippen molar-refractivity contribution in [2.45, 2.75) is 0 Å². The van der Waals surface area contributed by atoms with Gasteiger partial charge in [-0.2, -0.15) is 5.26 Å². The molecule has 0 aromatic heterocycles. The van der Waals surface area contributed by atoms with E-state index in [1.165, 1.54) is 0 Å². The molecule has 2 aromatic carbocycles. The minimum absolute atomic E-state index is 0.218. The Hall–Kier alpha value is -1.58. The van der Waals surface area contributed by atoms with Crippen molar-refractivity contribution in [3.05, 3.63) is 56.1 Å². The summed E-state index contributed by atoms with van der Waals surface area (Å²) in [5.41, 5.74) is 2.19. The number of benzene rings is 2. The summed E-state index contributed by atoms with van der Waals surface area (Å²) in [7, 11) is 0. The van der Waals surface area contributed by atoms with Gasteiger partial charge in [-0.05, 0) is 64.0 Å². The number of nitrogens with zero attached hydrogens (tertiary/aromatic N) is 1. The van der Waals surface area contributed by atoms with E-state index in [1.807, 2.05) is 6.07 Å². The van der Waals surface area contributed by atoms with Gasteiger partial charge in [0.05, 0.1) is 16.1 Å². The fourth-order valence-electron chi connectivity index (χ4n) is 1.65. The topological polar surface area (TPSA) is 61.1 Å². The van der Waals surface area contributed by atoms with E-state index >= 15 is 0 Å². The van der Waals surface area contributed by atoms with Crippen molar-refractivity contribution in [1.82, 2.24) is 0 Å². The molecule has 0 aliphatic heterocycles. The quantitative estimate of drug-likeness (QED) is 0.791. The predicted octanol–water partition coefficient (Wildman–Crippen LogP) is 4.18. The lowest BCUT2D eigenvalue weighted by Crippen LogP contribution is -1.97. The monoisotopic (exact) mass is 383 g/mol. The Morgan fingerprint density at radius 1 is 1.26 bits per heavy atom. The van der Waals surface area contributed by atoms with Crippen LogP contribution >= 0.6 is 34.2 Å². The number of hydrogen-bond donors (Lipinski definition) is 1. The minimum atomic E-state index is -0.975. The fourth-order valence-corrected chi connectivity index (χ4v) is 2.52. The van der Waals surface area contributed by atoms with Crippen LogP contribution in [0.25, 0.3) is 11.1 Å². The molecular weight excluding hydrogens is 377 g/mol. The summed E-state index contributed by atoms with van der Waals surface area (Å²) in [6.45, 7) is 0. The number of halogens is 2. The summed E-state index contributed by atoms with van der Waals surface area (Å²) in [5, 5.41) is 18.2. The van der Waals surface area contributed by atoms with Crippen LogP contribution in [0.15, 0.2) is 36.4 Å². The molecule has 5 heteroatoms. The molecule has 1 N–H and O–H groups in total. The van der Waals surface area contributed by atoms with Crippen LogP contribution in [0.3, 0.4) is 0 Å². The van der Waals surface area contributed by atoms with Gasteiger partial charge in [-0.25, -0.2) is 4.79 Å². The van der Waals surface area contributed by atoms with Crippen molar-refractivity contribution in [1.29, 1.82) is 5.26 Å². The van der Waals surface area contributed by atoms with E-state index in [9.17, 15) is 4.79 Å². The van der Waals surface area contributed by atoms with Gasteiger partial charge in [0.25, 0.3) is 0 Å². The molecule has 0 aliphatic carbocycles. The lowest BCUT2D eigenvalue weighted by molar-refractivity contribution is 0.0697. The van der Waals surface area contributed by atoms with Gasteiger partial charge < -0.3 is 5.11 Å². The maximum atomic E-state index is 11.0. The van der Waals surface area contributed by atoms with Gasteiger partial charge in [-0.1, -0.05) is 17.7 Å². The highest BCUT2D eigenvalue weighted by Gasteiger charge is 2.10. The first-order valence-corrected chi connectivity index (χ1v) is 6.71. The summed E-state index contributed by atoms with van der Waals surface area (Å²) in [6.07, 6.45) is 0. The normalized spacial score (nSPS) is 9.95. The van der Waals surface area contributed by atoms with E-state index in [2.05, 4.69) is 22.6 Å². The molecule has 3 nitrogen and oxygen atoms in total. The molecule has 0 saturated carbocycles. The summed E-state index contributed by atoms with van der Waals surface area (Å²) in [5.74, 6) is -0.975. The number of nitriles is 1. The molecule has 2 aromatic rings. The number of hydrogen-bond acceptors (Lipinski definition) is 2. The summed E-state index contributed by atoms with van der Waals surface area (Å²) in [4.78, 5) is 11.0. The highest BCUT2D eigenvalue weighted by atomic mass is 127. The molecule has 19 heavy (non-hydrogen) atoms. The summed E-state index contributed by atoms with van der Waals surface area (Å²) in [6, 6.07) is 11.9. The predicted molar refractivity (Wildman–Crippen MR) is 81.3 cm³/mol. The van der Waals surface area contributed by atoms with Crippen LogP contribution in [-0.4, -0.2) is 11.1 Å². The molecule has 94 valence electrons. The van der Waals surface area contributed by atoms with Gasteiger partial charge in [-0.15, -0.1) is 0 Å². The maximum absolute atomic E-state index is 11.0. The third-order valence-corrected chi connectivity index (χ3v) is 3.87. The number of carboxylic acid groups (broad SMARTS) is 1. The van der Waals surface area contributed by atoms with Crippen LogP contribution in [0.1, 0.15) is 15.9 Å². The molecule has 2 rings (SSSR count). The highest BCUT2D eigenvalue weighted by Crippen LogP contribution is 2.29. The second-order valence-electron chi connectivity index (χ2n) is 3.81. The standard InChI is InChI=1S/C14H7ClINO2/c15-12-6-8(1-2-10(12)7-17)11-5-9(14(18)19)3-4-13(11)16/h1-6H,(H,18,19). The molecule has 0 spiro atoms. The zero-order valence-corrected chi connectivity index (χ0v) is 12.4. The first-order chi connectivity index (χ1) is 9.02. The lowest BCUT2D eigenvalue weighted by atomic mass is 10.0. The molecule has 0 atom stereocenters. The molecule has 0 bridgehead atoms. The maximum Gasteiger partial charge on any atom is 0.335 e. The Labute approximate surface area is 128 Å². The van der Waals surface area contributed by atoms with E-state index in [0.717, 1.165) is 14.7 Å². The van der Waals surface area contributed by atoms with Crippen molar-refractivity contribution in [2.75, 3.05) is 0 Å². The van der Waals surface area contributed by atoms with E-state index in [-0.39, 0.29) is 5.56 Å². The number of aromatic carboxylic acids is 1. The largest absolute Gasteiger partial charge is 0.478 e. The highest BCUT2D eigenvalue weighted by molar-refractivity contribution is 14.1. The van der Waals surface area contributed by atoms with E-state index in [4.69, 9.17) is 22.0 Å². The van der Waals surface area contributed by atoms with Crippen molar-refractivity contribution in [2.24, 2.45) is 0 Å². The van der Waals surface area contributed by atoms with Gasteiger partial charge >= 0.3 is 5.97 Å². The Morgan fingerprint density at radius 3 is 2.58 bits per heavy atom. The average molecular weight is 384 g/mol. The van der Waals surface area contributed by atoms with E-state index < -0.39 is 5.97 Å². The average Bonchev–Trinajstić information content (AvgIpc) is 2.38. The molecule has 0 heterocycles. The van der Waals surface area contributed by atoms with Crippen LogP contribution in [0, 0.1) is 14.9 Å². The van der Waals surface area contributed by atoms with Crippen molar-refractivity contribution in [3.63, 3.8) is 0 Å². The molecule has 0 fully saturated rings. The SMILES string of the molecule is N#Cc1ccc(-c2cc(C(=O)O)ccc2I)cc1Cl. The third-order valence-electron chi connectivity index (χ3n) is 2.61. The van der Waals surface area contributed by atoms with Gasteiger partial charge in [0.2, 0.25) is 0 Å². The van der Waals surface area contributed by atoms with E-state index in [0.29, 0.717) is 10.6 Å². The van der Waals surface area contributed by atoms with Gasteiger partial charge in [0.1, 0.15) is 6.07 Å². The number of carboxylic acids is 1. The minimum Gasteiger partial charge on any atom is -0.478 e. The Kier molecular flexibility index (Phi) is 4.08. The van der Waals surface area contributed by atoms with Gasteiger partial charge in [-0.3, -0.25) is 0 Å². The Morgan fingerprint density at radius 2 is 2.00 bits per heavy atom. The van der Waals surface area contributed by atoms with E-state index in [1.54, 1.807) is 36.4 Å². The Balaban J connectivity index is 2.58. The first kappa shape index (κ1) is 13.8. The number of carbonyl (C=O) groups is 1. The molecule has 0 unspecified atom stereocenters. The second kappa shape index (κ2) is 5.59. The molecule has 0 aliphatic rings.